The fourth-order valence-electron chi connectivity index (χ4n) is 2.39. The van der Waals surface area contributed by atoms with Crippen LogP contribution in [0.15, 0.2) is 22.6 Å². The lowest BCUT2D eigenvalue weighted by Crippen LogP contribution is -2.15. The predicted molar refractivity (Wildman–Crippen MR) is 70.4 cm³/mol. The number of hydrogen-bond acceptors (Lipinski definition) is 2. The van der Waals surface area contributed by atoms with Crippen molar-refractivity contribution >= 4 is 0 Å². The zero-order chi connectivity index (χ0) is 15.9. The third-order valence-electron chi connectivity index (χ3n) is 3.59. The van der Waals surface area contributed by atoms with Gasteiger partial charge in [0.05, 0.1) is 11.6 Å². The van der Waals surface area contributed by atoms with E-state index in [9.17, 15) is 17.6 Å². The molecule has 0 spiro atoms. The van der Waals surface area contributed by atoms with E-state index < -0.39 is 23.6 Å². The summed E-state index contributed by atoms with van der Waals surface area (Å²) in [5.41, 5.74) is 6.52. The van der Waals surface area contributed by atoms with Gasteiger partial charge in [-0.1, -0.05) is 6.07 Å². The van der Waals surface area contributed by atoms with E-state index in [-0.39, 0.29) is 5.56 Å². The Balaban J connectivity index is 2.45. The molecule has 0 radical (unpaired) electrons. The van der Waals surface area contributed by atoms with Crippen LogP contribution in [0.25, 0.3) is 0 Å². The highest BCUT2D eigenvalue weighted by atomic mass is 19.4. The molecule has 0 aliphatic rings. The molecule has 0 aliphatic heterocycles. The van der Waals surface area contributed by atoms with E-state index in [0.29, 0.717) is 23.2 Å². The van der Waals surface area contributed by atoms with Crippen molar-refractivity contribution in [2.75, 3.05) is 0 Å². The minimum absolute atomic E-state index is 0.271. The predicted octanol–water partition coefficient (Wildman–Crippen LogP) is 4.41. The number of aryl methyl sites for hydroxylation is 2. The van der Waals surface area contributed by atoms with Gasteiger partial charge in [-0.25, -0.2) is 4.39 Å². The summed E-state index contributed by atoms with van der Waals surface area (Å²) < 4.78 is 56.7. The van der Waals surface area contributed by atoms with Gasteiger partial charge in [0.15, 0.2) is 0 Å². The number of hydrogen-bond donors (Lipinski definition) is 1. The molecule has 0 bridgehead atoms. The van der Waals surface area contributed by atoms with Gasteiger partial charge in [0, 0.05) is 5.56 Å². The first-order valence-electron chi connectivity index (χ1n) is 6.31. The van der Waals surface area contributed by atoms with Crippen molar-refractivity contribution in [2.45, 2.75) is 33.0 Å². The lowest BCUT2D eigenvalue weighted by Gasteiger charge is -2.15. The molecule has 1 heterocycles. The summed E-state index contributed by atoms with van der Waals surface area (Å²) in [5, 5.41) is 0. The monoisotopic (exact) mass is 301 g/mol. The molecule has 0 amide bonds. The Bertz CT molecular complexity index is 673. The molecule has 1 unspecified atom stereocenters. The largest absolute Gasteiger partial charge is 0.466 e. The molecule has 1 aromatic carbocycles. The van der Waals surface area contributed by atoms with Crippen molar-refractivity contribution in [3.05, 3.63) is 57.8 Å². The zero-order valence-electron chi connectivity index (χ0n) is 11.8. The molecular formula is C15H15F4NO. The van der Waals surface area contributed by atoms with E-state index in [1.165, 1.54) is 6.07 Å². The summed E-state index contributed by atoms with van der Waals surface area (Å²) in [4.78, 5) is 0. The number of rotatable bonds is 2. The van der Waals surface area contributed by atoms with E-state index in [2.05, 4.69) is 0 Å². The zero-order valence-corrected chi connectivity index (χ0v) is 11.8. The molecule has 21 heavy (non-hydrogen) atoms. The molecule has 6 heteroatoms. The Morgan fingerprint density at radius 3 is 2.14 bits per heavy atom. The first kappa shape index (κ1) is 15.6. The van der Waals surface area contributed by atoms with Crippen LogP contribution in [-0.4, -0.2) is 0 Å². The van der Waals surface area contributed by atoms with Crippen LogP contribution in [0.4, 0.5) is 17.6 Å². The van der Waals surface area contributed by atoms with Crippen molar-refractivity contribution in [2.24, 2.45) is 5.73 Å². The van der Waals surface area contributed by atoms with Crippen LogP contribution >= 0.6 is 0 Å². The van der Waals surface area contributed by atoms with E-state index in [0.717, 1.165) is 11.6 Å². The van der Waals surface area contributed by atoms with Gasteiger partial charge >= 0.3 is 6.18 Å². The van der Waals surface area contributed by atoms with Gasteiger partial charge in [-0.15, -0.1) is 0 Å². The summed E-state index contributed by atoms with van der Waals surface area (Å²) in [5.74, 6) is -0.0610. The van der Waals surface area contributed by atoms with Gasteiger partial charge in [0.25, 0.3) is 0 Å². The molecule has 0 aliphatic carbocycles. The Morgan fingerprint density at radius 2 is 1.71 bits per heavy atom. The van der Waals surface area contributed by atoms with Gasteiger partial charge in [-0.2, -0.15) is 13.2 Å². The van der Waals surface area contributed by atoms with Crippen LogP contribution < -0.4 is 5.73 Å². The van der Waals surface area contributed by atoms with Gasteiger partial charge in [0.1, 0.15) is 17.3 Å². The number of benzene rings is 1. The number of nitrogens with two attached hydrogens (primary N) is 1. The highest BCUT2D eigenvalue weighted by molar-refractivity contribution is 5.41. The maximum atomic E-state index is 13.6. The molecule has 2 aromatic rings. The molecule has 0 saturated carbocycles. The van der Waals surface area contributed by atoms with Gasteiger partial charge in [0.2, 0.25) is 0 Å². The fraction of sp³-hybridized carbons (Fsp3) is 0.333. The van der Waals surface area contributed by atoms with Crippen LogP contribution in [0.3, 0.4) is 0 Å². The average Bonchev–Trinajstić information content (AvgIpc) is 2.61. The summed E-state index contributed by atoms with van der Waals surface area (Å²) in [6, 6.07) is 1.99. The molecule has 0 saturated heterocycles. The lowest BCUT2D eigenvalue weighted by atomic mass is 9.95. The van der Waals surface area contributed by atoms with Crippen LogP contribution in [-0.2, 0) is 6.18 Å². The minimum atomic E-state index is -4.72. The van der Waals surface area contributed by atoms with Gasteiger partial charge < -0.3 is 10.2 Å². The lowest BCUT2D eigenvalue weighted by molar-refractivity contribution is -0.140. The average molecular weight is 301 g/mol. The molecule has 2 rings (SSSR count). The first-order chi connectivity index (χ1) is 9.62. The van der Waals surface area contributed by atoms with Crippen molar-refractivity contribution in [1.82, 2.24) is 0 Å². The van der Waals surface area contributed by atoms with Crippen LogP contribution in [0.5, 0.6) is 0 Å². The number of halogens is 4. The molecule has 1 aromatic heterocycles. The Labute approximate surface area is 119 Å². The Hall–Kier alpha value is -1.82. The normalized spacial score (nSPS) is 13.5. The summed E-state index contributed by atoms with van der Waals surface area (Å²) in [6.07, 6.45) is -4.72. The van der Waals surface area contributed by atoms with Gasteiger partial charge in [-0.3, -0.25) is 0 Å². The summed E-state index contributed by atoms with van der Waals surface area (Å²) in [7, 11) is 0. The molecule has 2 nitrogen and oxygen atoms in total. The molecule has 114 valence electrons. The fourth-order valence-corrected chi connectivity index (χ4v) is 2.39. The van der Waals surface area contributed by atoms with Gasteiger partial charge in [-0.05, 0) is 44.0 Å². The number of alkyl halides is 3. The maximum Gasteiger partial charge on any atom is 0.419 e. The van der Waals surface area contributed by atoms with E-state index in [1.807, 2.05) is 6.92 Å². The standard InChI is InChI=1S/C15H15F4NO/c1-7-8(2)21-9(3)13(7)14(20)10-4-5-11(12(16)6-10)15(17,18)19/h4-6,14H,20H2,1-3H3. The third-order valence-corrected chi connectivity index (χ3v) is 3.59. The summed E-state index contributed by atoms with van der Waals surface area (Å²) >= 11 is 0. The second kappa shape index (κ2) is 5.18. The van der Waals surface area contributed by atoms with Crippen molar-refractivity contribution in [3.63, 3.8) is 0 Å². The topological polar surface area (TPSA) is 39.2 Å². The van der Waals surface area contributed by atoms with E-state index >= 15 is 0 Å². The SMILES string of the molecule is Cc1oc(C)c(C(N)c2ccc(C(F)(F)F)c(F)c2)c1C. The molecule has 0 fully saturated rings. The highest BCUT2D eigenvalue weighted by Gasteiger charge is 2.34. The molecule has 2 N–H and O–H groups in total. The number of furan rings is 1. The summed E-state index contributed by atoms with van der Waals surface area (Å²) in [6.45, 7) is 5.29. The van der Waals surface area contributed by atoms with Crippen molar-refractivity contribution < 1.29 is 22.0 Å². The highest BCUT2D eigenvalue weighted by Crippen LogP contribution is 2.34. The van der Waals surface area contributed by atoms with Crippen LogP contribution in [0.2, 0.25) is 0 Å². The van der Waals surface area contributed by atoms with Crippen molar-refractivity contribution in [1.29, 1.82) is 0 Å². The minimum Gasteiger partial charge on any atom is -0.466 e. The Kier molecular flexibility index (Phi) is 3.84. The van der Waals surface area contributed by atoms with Crippen molar-refractivity contribution in [3.8, 4) is 0 Å². The third kappa shape index (κ3) is 2.81. The molecule has 1 atom stereocenters. The van der Waals surface area contributed by atoms with E-state index in [1.54, 1.807) is 13.8 Å². The first-order valence-corrected chi connectivity index (χ1v) is 6.31. The quantitative estimate of drug-likeness (QED) is 0.834. The molecular weight excluding hydrogens is 286 g/mol. The second-order valence-electron chi connectivity index (χ2n) is 4.97. The second-order valence-corrected chi connectivity index (χ2v) is 4.97. The van der Waals surface area contributed by atoms with Crippen LogP contribution in [0.1, 0.15) is 39.8 Å². The van der Waals surface area contributed by atoms with E-state index in [4.69, 9.17) is 10.2 Å². The van der Waals surface area contributed by atoms with Crippen LogP contribution in [0, 0.1) is 26.6 Å². The Morgan fingerprint density at radius 1 is 1.10 bits per heavy atom. The smallest absolute Gasteiger partial charge is 0.419 e. The maximum absolute atomic E-state index is 13.6.